The number of benzene rings is 1. The molecule has 3 nitrogen and oxygen atoms in total. The van der Waals surface area contributed by atoms with Gasteiger partial charge in [0.05, 0.1) is 0 Å². The van der Waals surface area contributed by atoms with Crippen LogP contribution in [0.4, 0.5) is 0 Å². The number of halogens is 1. The quantitative estimate of drug-likeness (QED) is 0.914. The van der Waals surface area contributed by atoms with Crippen molar-refractivity contribution in [2.75, 3.05) is 13.1 Å². The second-order valence-electron chi connectivity index (χ2n) is 4.91. The number of hydrogen-bond acceptors (Lipinski definition) is 2. The molecule has 0 unspecified atom stereocenters. The Kier molecular flexibility index (Phi) is 4.25. The van der Waals surface area contributed by atoms with Crippen molar-refractivity contribution in [3.63, 3.8) is 0 Å². The third kappa shape index (κ3) is 2.85. The predicted molar refractivity (Wildman–Crippen MR) is 73.4 cm³/mol. The number of carbonyl (C=O) groups is 1. The monoisotopic (exact) mass is 266 g/mol. The molecule has 98 valence electrons. The lowest BCUT2D eigenvalue weighted by molar-refractivity contribution is -0.123. The molecule has 0 aromatic heterocycles. The summed E-state index contributed by atoms with van der Waals surface area (Å²) in [7, 11) is 0. The molecule has 0 radical (unpaired) electrons. The highest BCUT2D eigenvalue weighted by molar-refractivity contribution is 6.31. The third-order valence-electron chi connectivity index (χ3n) is 3.83. The van der Waals surface area contributed by atoms with Gasteiger partial charge in [0.1, 0.15) is 0 Å². The molecule has 1 heterocycles. The Bertz CT molecular complexity index is 428. The molecular formula is C14H19ClN2O. The Morgan fingerprint density at radius 3 is 2.56 bits per heavy atom. The Morgan fingerprint density at radius 1 is 1.39 bits per heavy atom. The molecule has 0 aliphatic carbocycles. The lowest BCUT2D eigenvalue weighted by Crippen LogP contribution is -2.39. The number of carbonyl (C=O) groups excluding carboxylic acids is 1. The molecular weight excluding hydrogens is 248 g/mol. The van der Waals surface area contributed by atoms with Crippen LogP contribution in [-0.2, 0) is 4.79 Å². The Labute approximate surface area is 113 Å². The van der Waals surface area contributed by atoms with Crippen molar-refractivity contribution in [2.24, 2.45) is 11.7 Å². The van der Waals surface area contributed by atoms with E-state index in [1.165, 1.54) is 0 Å². The molecule has 0 saturated carbocycles. The zero-order valence-electron chi connectivity index (χ0n) is 10.6. The van der Waals surface area contributed by atoms with Gasteiger partial charge in [0.25, 0.3) is 0 Å². The van der Waals surface area contributed by atoms with Crippen LogP contribution in [0.15, 0.2) is 24.3 Å². The van der Waals surface area contributed by atoms with Crippen LogP contribution < -0.4 is 5.73 Å². The number of likely N-dealkylation sites (tertiary alicyclic amines) is 1. The number of piperidine rings is 1. The maximum atomic E-state index is 11.1. The van der Waals surface area contributed by atoms with Crippen molar-refractivity contribution in [2.45, 2.75) is 25.8 Å². The molecule has 1 aromatic carbocycles. The van der Waals surface area contributed by atoms with Gasteiger partial charge in [-0.05, 0) is 44.5 Å². The van der Waals surface area contributed by atoms with Crippen LogP contribution in [0.1, 0.15) is 31.4 Å². The van der Waals surface area contributed by atoms with Crippen LogP contribution >= 0.6 is 11.6 Å². The summed E-state index contributed by atoms with van der Waals surface area (Å²) in [5.41, 5.74) is 6.50. The first-order valence-corrected chi connectivity index (χ1v) is 6.75. The van der Waals surface area contributed by atoms with Gasteiger partial charge in [-0.15, -0.1) is 0 Å². The topological polar surface area (TPSA) is 46.3 Å². The maximum absolute atomic E-state index is 11.1. The van der Waals surface area contributed by atoms with Crippen molar-refractivity contribution in [1.29, 1.82) is 0 Å². The molecule has 1 amide bonds. The van der Waals surface area contributed by atoms with Crippen LogP contribution in [0.5, 0.6) is 0 Å². The summed E-state index contributed by atoms with van der Waals surface area (Å²) in [5, 5.41) is 0.807. The van der Waals surface area contributed by atoms with Crippen molar-refractivity contribution < 1.29 is 4.79 Å². The van der Waals surface area contributed by atoms with E-state index in [2.05, 4.69) is 17.9 Å². The standard InChI is InChI=1S/C14H19ClN2O/c1-10(12-4-2-3-5-13(12)15)17-8-6-11(7-9-17)14(16)18/h2-5,10-11H,6-9H2,1H3,(H2,16,18)/t10-/m1/s1. The van der Waals surface area contributed by atoms with E-state index in [-0.39, 0.29) is 17.9 Å². The minimum absolute atomic E-state index is 0.0414. The minimum atomic E-state index is -0.167. The number of amides is 1. The Balaban J connectivity index is 2.02. The number of nitrogens with zero attached hydrogens (tertiary/aromatic N) is 1. The van der Waals surface area contributed by atoms with E-state index in [9.17, 15) is 4.79 Å². The van der Waals surface area contributed by atoms with E-state index in [1.54, 1.807) is 0 Å². The third-order valence-corrected chi connectivity index (χ3v) is 4.18. The molecule has 2 N–H and O–H groups in total. The Morgan fingerprint density at radius 2 is 2.00 bits per heavy atom. The summed E-state index contributed by atoms with van der Waals surface area (Å²) in [4.78, 5) is 13.5. The van der Waals surface area contributed by atoms with Crippen LogP contribution in [0.2, 0.25) is 5.02 Å². The molecule has 4 heteroatoms. The zero-order chi connectivity index (χ0) is 13.1. The summed E-state index contributed by atoms with van der Waals surface area (Å²) >= 11 is 6.22. The van der Waals surface area contributed by atoms with Gasteiger partial charge in [0, 0.05) is 17.0 Å². The van der Waals surface area contributed by atoms with Gasteiger partial charge >= 0.3 is 0 Å². The van der Waals surface area contributed by atoms with Crippen LogP contribution in [0, 0.1) is 5.92 Å². The number of rotatable bonds is 3. The van der Waals surface area contributed by atoms with Gasteiger partial charge < -0.3 is 5.73 Å². The molecule has 1 aliphatic heterocycles. The van der Waals surface area contributed by atoms with Gasteiger partial charge in [0.15, 0.2) is 0 Å². The molecule has 1 aromatic rings. The van der Waals surface area contributed by atoms with Crippen LogP contribution in [0.25, 0.3) is 0 Å². The first-order valence-electron chi connectivity index (χ1n) is 6.37. The number of nitrogens with two attached hydrogens (primary N) is 1. The van der Waals surface area contributed by atoms with Gasteiger partial charge in [-0.1, -0.05) is 29.8 Å². The average molecular weight is 267 g/mol. The molecule has 1 fully saturated rings. The summed E-state index contributed by atoms with van der Waals surface area (Å²) < 4.78 is 0. The second kappa shape index (κ2) is 5.72. The Hall–Kier alpha value is -1.06. The highest BCUT2D eigenvalue weighted by Crippen LogP contribution is 2.30. The highest BCUT2D eigenvalue weighted by atomic mass is 35.5. The first kappa shape index (κ1) is 13.4. The second-order valence-corrected chi connectivity index (χ2v) is 5.32. The van der Waals surface area contributed by atoms with Crippen molar-refractivity contribution in [3.05, 3.63) is 34.9 Å². The van der Waals surface area contributed by atoms with E-state index in [0.717, 1.165) is 36.5 Å². The predicted octanol–water partition coefficient (Wildman–Crippen LogP) is 2.60. The summed E-state index contributed by atoms with van der Waals surface area (Å²) in [6.07, 6.45) is 1.70. The lowest BCUT2D eigenvalue weighted by atomic mass is 9.94. The number of primary amides is 1. The van der Waals surface area contributed by atoms with Gasteiger partial charge in [-0.3, -0.25) is 9.69 Å². The fourth-order valence-corrected chi connectivity index (χ4v) is 2.88. The van der Waals surface area contributed by atoms with Gasteiger partial charge in [0.2, 0.25) is 5.91 Å². The number of hydrogen-bond donors (Lipinski definition) is 1. The average Bonchev–Trinajstić information content (AvgIpc) is 2.38. The fourth-order valence-electron chi connectivity index (χ4n) is 2.58. The maximum Gasteiger partial charge on any atom is 0.220 e. The lowest BCUT2D eigenvalue weighted by Gasteiger charge is -2.35. The van der Waals surface area contributed by atoms with E-state index < -0.39 is 0 Å². The SMILES string of the molecule is C[C@H](c1ccccc1Cl)N1CCC(C(N)=O)CC1. The van der Waals surface area contributed by atoms with Gasteiger partial charge in [-0.2, -0.15) is 0 Å². The molecule has 18 heavy (non-hydrogen) atoms. The molecule has 0 bridgehead atoms. The largest absolute Gasteiger partial charge is 0.369 e. The van der Waals surface area contributed by atoms with E-state index in [0.29, 0.717) is 0 Å². The van der Waals surface area contributed by atoms with E-state index in [1.807, 2.05) is 18.2 Å². The molecule has 0 spiro atoms. The van der Waals surface area contributed by atoms with Crippen LogP contribution in [0.3, 0.4) is 0 Å². The van der Waals surface area contributed by atoms with Crippen LogP contribution in [-0.4, -0.2) is 23.9 Å². The molecule has 2 rings (SSSR count). The normalized spacial score (nSPS) is 19.7. The van der Waals surface area contributed by atoms with E-state index >= 15 is 0 Å². The minimum Gasteiger partial charge on any atom is -0.369 e. The van der Waals surface area contributed by atoms with Crippen molar-refractivity contribution in [1.82, 2.24) is 4.90 Å². The smallest absolute Gasteiger partial charge is 0.220 e. The molecule has 1 saturated heterocycles. The zero-order valence-corrected chi connectivity index (χ0v) is 11.4. The molecule has 1 atom stereocenters. The summed E-state index contributed by atoms with van der Waals surface area (Å²) in [6.45, 7) is 3.96. The summed E-state index contributed by atoms with van der Waals surface area (Å²) in [5.74, 6) is -0.125. The summed E-state index contributed by atoms with van der Waals surface area (Å²) in [6, 6.07) is 8.22. The first-order chi connectivity index (χ1) is 8.59. The highest BCUT2D eigenvalue weighted by Gasteiger charge is 2.26. The molecule has 1 aliphatic rings. The van der Waals surface area contributed by atoms with Crippen molar-refractivity contribution in [3.8, 4) is 0 Å². The van der Waals surface area contributed by atoms with Gasteiger partial charge in [-0.25, -0.2) is 0 Å². The van der Waals surface area contributed by atoms with E-state index in [4.69, 9.17) is 17.3 Å². The fraction of sp³-hybridized carbons (Fsp3) is 0.500. The van der Waals surface area contributed by atoms with Crippen molar-refractivity contribution >= 4 is 17.5 Å².